The molecule has 3 fully saturated rings. The molecule has 2 bridgehead atoms. The molecule has 3 aliphatic heterocycles. The normalized spacial score (nSPS) is 30.0. The number of aliphatic hydroxyl groups is 1. The minimum absolute atomic E-state index is 0.224. The Hall–Kier alpha value is -1.35. The van der Waals surface area contributed by atoms with E-state index < -0.39 is 0 Å². The predicted octanol–water partition coefficient (Wildman–Crippen LogP) is 2.25. The second-order valence-electron chi connectivity index (χ2n) is 4.89. The van der Waals surface area contributed by atoms with Crippen LogP contribution in [0.1, 0.15) is 18.4 Å². The molecule has 0 radical (unpaired) electrons. The van der Waals surface area contributed by atoms with Gasteiger partial charge in [0.2, 0.25) is 0 Å². The zero-order valence-corrected chi connectivity index (χ0v) is 9.64. The summed E-state index contributed by atoms with van der Waals surface area (Å²) in [6.45, 7) is 2.07. The summed E-state index contributed by atoms with van der Waals surface area (Å²) in [6.07, 6.45) is 3.81. The van der Waals surface area contributed by atoms with Crippen LogP contribution < -0.4 is 0 Å². The first kappa shape index (κ1) is 10.8. The second kappa shape index (κ2) is 4.15. The molecule has 1 atom stereocenters. The standard InChI is InChI=1S/C14H16FNO/c15-12-3-1-10(2-4-12)9-13-14(17)11-5-7-16(13)8-6-11/h1-4,9,11,14,17H,5-8H2/b13-9+/t14-/m1/s1. The van der Waals surface area contributed by atoms with Crippen molar-refractivity contribution in [3.8, 4) is 0 Å². The van der Waals surface area contributed by atoms with Crippen molar-refractivity contribution in [2.24, 2.45) is 5.92 Å². The van der Waals surface area contributed by atoms with Gasteiger partial charge < -0.3 is 10.0 Å². The molecule has 3 saturated heterocycles. The van der Waals surface area contributed by atoms with Gasteiger partial charge >= 0.3 is 0 Å². The molecule has 3 heteroatoms. The molecular weight excluding hydrogens is 217 g/mol. The number of hydrogen-bond acceptors (Lipinski definition) is 2. The van der Waals surface area contributed by atoms with Crippen LogP contribution in [0.25, 0.3) is 6.08 Å². The minimum atomic E-state index is -0.345. The SMILES string of the molecule is O[C@H]1/C(=C\c2ccc(F)cc2)N2CCC1CC2. The third kappa shape index (κ3) is 1.95. The van der Waals surface area contributed by atoms with E-state index in [9.17, 15) is 9.50 Å². The molecule has 1 aromatic carbocycles. The Balaban J connectivity index is 1.90. The van der Waals surface area contributed by atoms with Crippen LogP contribution in [0, 0.1) is 11.7 Å². The molecule has 0 aliphatic carbocycles. The summed E-state index contributed by atoms with van der Waals surface area (Å²) in [6, 6.07) is 6.40. The topological polar surface area (TPSA) is 23.5 Å². The zero-order chi connectivity index (χ0) is 11.8. The van der Waals surface area contributed by atoms with Crippen LogP contribution in [-0.2, 0) is 0 Å². The molecule has 2 nitrogen and oxygen atoms in total. The number of benzene rings is 1. The third-order valence-electron chi connectivity index (χ3n) is 3.84. The Morgan fingerprint density at radius 3 is 2.41 bits per heavy atom. The lowest BCUT2D eigenvalue weighted by Gasteiger charge is -2.45. The van der Waals surface area contributed by atoms with Gasteiger partial charge in [0.25, 0.3) is 0 Å². The molecule has 0 unspecified atom stereocenters. The van der Waals surface area contributed by atoms with E-state index in [-0.39, 0.29) is 11.9 Å². The monoisotopic (exact) mass is 233 g/mol. The van der Waals surface area contributed by atoms with Crippen molar-refractivity contribution in [2.45, 2.75) is 18.9 Å². The second-order valence-corrected chi connectivity index (χ2v) is 4.89. The molecule has 3 heterocycles. The molecule has 3 aliphatic rings. The van der Waals surface area contributed by atoms with Crippen LogP contribution in [0.5, 0.6) is 0 Å². The van der Waals surface area contributed by atoms with Crippen LogP contribution in [0.4, 0.5) is 4.39 Å². The lowest BCUT2D eigenvalue weighted by Crippen LogP contribution is -2.48. The average Bonchev–Trinajstić information content (AvgIpc) is 2.37. The number of rotatable bonds is 1. The number of hydrogen-bond donors (Lipinski definition) is 1. The summed E-state index contributed by atoms with van der Waals surface area (Å²) in [5, 5.41) is 10.2. The van der Waals surface area contributed by atoms with E-state index in [4.69, 9.17) is 0 Å². The van der Waals surface area contributed by atoms with Crippen LogP contribution in [0.15, 0.2) is 30.0 Å². The molecule has 0 amide bonds. The van der Waals surface area contributed by atoms with Crippen molar-refractivity contribution in [3.63, 3.8) is 0 Å². The summed E-state index contributed by atoms with van der Waals surface area (Å²) >= 11 is 0. The fourth-order valence-corrected chi connectivity index (χ4v) is 2.81. The molecule has 4 rings (SSSR count). The molecule has 90 valence electrons. The van der Waals surface area contributed by atoms with Crippen LogP contribution in [0.3, 0.4) is 0 Å². The van der Waals surface area contributed by atoms with E-state index in [0.29, 0.717) is 5.92 Å². The van der Waals surface area contributed by atoms with Gasteiger partial charge in [-0.25, -0.2) is 4.39 Å². The maximum atomic E-state index is 12.8. The predicted molar refractivity (Wildman–Crippen MR) is 64.7 cm³/mol. The Morgan fingerprint density at radius 2 is 1.82 bits per heavy atom. The lowest BCUT2D eigenvalue weighted by molar-refractivity contribution is 0.0215. The highest BCUT2D eigenvalue weighted by Crippen LogP contribution is 2.35. The van der Waals surface area contributed by atoms with Gasteiger partial charge in [-0.1, -0.05) is 12.1 Å². The molecule has 17 heavy (non-hydrogen) atoms. The Morgan fingerprint density at radius 1 is 1.18 bits per heavy atom. The quantitative estimate of drug-likeness (QED) is 0.804. The van der Waals surface area contributed by atoms with E-state index in [1.165, 1.54) is 12.1 Å². The van der Waals surface area contributed by atoms with Crippen molar-refractivity contribution in [2.75, 3.05) is 13.1 Å². The first-order valence-electron chi connectivity index (χ1n) is 6.14. The van der Waals surface area contributed by atoms with Crippen molar-refractivity contribution in [1.82, 2.24) is 4.90 Å². The molecule has 0 spiro atoms. The summed E-state index contributed by atoms with van der Waals surface area (Å²) in [5.74, 6) is 0.185. The average molecular weight is 233 g/mol. The van der Waals surface area contributed by atoms with Gasteiger partial charge in [-0.15, -0.1) is 0 Å². The smallest absolute Gasteiger partial charge is 0.123 e. The molecule has 0 aromatic heterocycles. The number of nitrogens with zero attached hydrogens (tertiary/aromatic N) is 1. The first-order chi connectivity index (χ1) is 8.24. The lowest BCUT2D eigenvalue weighted by atomic mass is 9.83. The van der Waals surface area contributed by atoms with Gasteiger partial charge in [0.1, 0.15) is 5.82 Å². The first-order valence-corrected chi connectivity index (χ1v) is 6.14. The summed E-state index contributed by atoms with van der Waals surface area (Å²) in [4.78, 5) is 2.24. The van der Waals surface area contributed by atoms with E-state index in [2.05, 4.69) is 4.90 Å². The van der Waals surface area contributed by atoms with Crippen molar-refractivity contribution in [1.29, 1.82) is 0 Å². The number of fused-ring (bicyclic) bond motifs is 3. The highest BCUT2D eigenvalue weighted by Gasteiger charge is 2.36. The summed E-state index contributed by atoms with van der Waals surface area (Å²) in [7, 11) is 0. The fourth-order valence-electron chi connectivity index (χ4n) is 2.81. The summed E-state index contributed by atoms with van der Waals surface area (Å²) < 4.78 is 12.8. The number of halogens is 1. The van der Waals surface area contributed by atoms with Crippen molar-refractivity contribution in [3.05, 3.63) is 41.3 Å². The number of piperidine rings is 3. The van der Waals surface area contributed by atoms with E-state index >= 15 is 0 Å². The molecule has 1 aromatic rings. The third-order valence-corrected chi connectivity index (χ3v) is 3.84. The van der Waals surface area contributed by atoms with Gasteiger partial charge in [0.05, 0.1) is 6.10 Å². The van der Waals surface area contributed by atoms with E-state index in [0.717, 1.165) is 37.2 Å². The maximum absolute atomic E-state index is 12.8. The molecular formula is C14H16FNO. The largest absolute Gasteiger partial charge is 0.387 e. The highest BCUT2D eigenvalue weighted by atomic mass is 19.1. The van der Waals surface area contributed by atoms with E-state index in [1.54, 1.807) is 12.1 Å². The van der Waals surface area contributed by atoms with Gasteiger partial charge in [-0.2, -0.15) is 0 Å². The van der Waals surface area contributed by atoms with Gasteiger partial charge in [-0.3, -0.25) is 0 Å². The molecule has 0 saturated carbocycles. The summed E-state index contributed by atoms with van der Waals surface area (Å²) in [5.41, 5.74) is 1.95. The molecule has 1 N–H and O–H groups in total. The van der Waals surface area contributed by atoms with Gasteiger partial charge in [-0.05, 0) is 42.5 Å². The minimum Gasteiger partial charge on any atom is -0.387 e. The Labute approximate surface area is 100 Å². The number of aliphatic hydroxyl groups excluding tert-OH is 1. The van der Waals surface area contributed by atoms with Crippen LogP contribution in [0.2, 0.25) is 0 Å². The fraction of sp³-hybridized carbons (Fsp3) is 0.429. The van der Waals surface area contributed by atoms with E-state index in [1.807, 2.05) is 6.08 Å². The zero-order valence-electron chi connectivity index (χ0n) is 9.64. The van der Waals surface area contributed by atoms with Gasteiger partial charge in [0, 0.05) is 18.8 Å². The Bertz CT molecular complexity index is 428. The van der Waals surface area contributed by atoms with Crippen LogP contribution >= 0.6 is 0 Å². The van der Waals surface area contributed by atoms with Crippen molar-refractivity contribution < 1.29 is 9.50 Å². The Kier molecular flexibility index (Phi) is 2.63. The van der Waals surface area contributed by atoms with Crippen LogP contribution in [-0.4, -0.2) is 29.2 Å². The van der Waals surface area contributed by atoms with Crippen molar-refractivity contribution >= 4 is 6.08 Å². The van der Waals surface area contributed by atoms with Gasteiger partial charge in [0.15, 0.2) is 0 Å². The maximum Gasteiger partial charge on any atom is 0.123 e. The highest BCUT2D eigenvalue weighted by molar-refractivity contribution is 5.54.